The van der Waals surface area contributed by atoms with Crippen LogP contribution in [0.4, 0.5) is 9.59 Å². The van der Waals surface area contributed by atoms with Crippen molar-refractivity contribution in [1.29, 1.82) is 0 Å². The highest BCUT2D eigenvalue weighted by Gasteiger charge is 2.27. The summed E-state index contributed by atoms with van der Waals surface area (Å²) in [4.78, 5) is 61.5. The third-order valence-electron chi connectivity index (χ3n) is 8.15. The highest BCUT2D eigenvalue weighted by Crippen LogP contribution is 2.33. The first-order valence-corrected chi connectivity index (χ1v) is 18.7. The molecule has 0 saturated heterocycles. The highest BCUT2D eigenvalue weighted by atomic mass is 16.6. The van der Waals surface area contributed by atoms with Gasteiger partial charge in [0.1, 0.15) is 33.8 Å². The normalized spacial score (nSPS) is 12.1. The molecule has 0 atom stereocenters. The van der Waals surface area contributed by atoms with Crippen molar-refractivity contribution in [2.75, 3.05) is 0 Å². The fraction of sp³-hybridized carbons (Fsp3) is 0.348. The van der Waals surface area contributed by atoms with E-state index in [0.29, 0.717) is 54.7 Å². The molecule has 298 valence electrons. The summed E-state index contributed by atoms with van der Waals surface area (Å²) in [5.41, 5.74) is 0.455. The number of nitrogens with zero attached hydrogens (tertiary/aromatic N) is 4. The summed E-state index contributed by atoms with van der Waals surface area (Å²) in [6.45, 7) is 21.4. The van der Waals surface area contributed by atoms with E-state index in [0.717, 1.165) is 0 Å². The number of aromatic nitrogens is 4. The Morgan fingerprint density at radius 3 is 1.12 bits per heavy atom. The van der Waals surface area contributed by atoms with Crippen molar-refractivity contribution in [3.05, 3.63) is 83.4 Å². The molecule has 0 fully saturated rings. The minimum Gasteiger partial charge on any atom is -0.455 e. The van der Waals surface area contributed by atoms with Gasteiger partial charge in [-0.1, -0.05) is 11.8 Å². The van der Waals surface area contributed by atoms with E-state index in [-0.39, 0.29) is 11.4 Å². The third-order valence-corrected chi connectivity index (χ3v) is 8.15. The van der Waals surface area contributed by atoms with Crippen LogP contribution in [0.15, 0.2) is 60.9 Å². The fourth-order valence-electron chi connectivity index (χ4n) is 6.09. The molecule has 0 saturated carbocycles. The number of esters is 2. The summed E-state index contributed by atoms with van der Waals surface area (Å²) in [5, 5.41) is 2.49. The number of pyridine rings is 2. The second-order valence-corrected chi connectivity index (χ2v) is 17.8. The Hall–Kier alpha value is -6.66. The molecule has 6 rings (SSSR count). The molecule has 0 unspecified atom stereocenters. The lowest BCUT2D eigenvalue weighted by molar-refractivity contribution is 0.00507. The van der Waals surface area contributed by atoms with Crippen LogP contribution in [0.25, 0.3) is 43.6 Å². The monoisotopic (exact) mass is 782 g/mol. The maximum Gasteiger partial charge on any atom is 0.419 e. The SMILES string of the molecule is CC(C)(C)OC(=O)c1cc2c3cc(C#CC#Cc4ccc5c(c4)c4cc(C(=O)OC(C)(C)C)ncc4n5C(=O)OC(C)(C)C)ccc3n(C(=O)OC(C)(C)C)c2cn1. The van der Waals surface area contributed by atoms with Crippen LogP contribution in [0.5, 0.6) is 0 Å². The quantitative estimate of drug-likeness (QED) is 0.0947. The maximum atomic E-state index is 13.5. The van der Waals surface area contributed by atoms with Crippen LogP contribution in [0.1, 0.15) is 115 Å². The van der Waals surface area contributed by atoms with Crippen LogP contribution in [-0.2, 0) is 18.9 Å². The second-order valence-electron chi connectivity index (χ2n) is 17.8. The Morgan fingerprint density at radius 2 is 0.793 bits per heavy atom. The van der Waals surface area contributed by atoms with Gasteiger partial charge in [-0.2, -0.15) is 0 Å². The molecule has 4 aromatic heterocycles. The van der Waals surface area contributed by atoms with Gasteiger partial charge >= 0.3 is 24.1 Å². The summed E-state index contributed by atoms with van der Waals surface area (Å²) in [6, 6.07) is 13.9. The topological polar surface area (TPSA) is 141 Å². The largest absolute Gasteiger partial charge is 0.455 e. The van der Waals surface area contributed by atoms with Gasteiger partial charge in [0.15, 0.2) is 0 Å². The van der Waals surface area contributed by atoms with E-state index in [1.807, 2.05) is 12.1 Å². The molecule has 0 bridgehead atoms. The van der Waals surface area contributed by atoms with Crippen LogP contribution >= 0.6 is 0 Å². The van der Waals surface area contributed by atoms with Crippen LogP contribution < -0.4 is 0 Å². The van der Waals surface area contributed by atoms with E-state index in [4.69, 9.17) is 18.9 Å². The van der Waals surface area contributed by atoms with Gasteiger partial charge in [0.05, 0.1) is 34.5 Å². The Kier molecular flexibility index (Phi) is 10.4. The summed E-state index contributed by atoms with van der Waals surface area (Å²) in [5.74, 6) is 10.8. The molecule has 4 heterocycles. The minimum absolute atomic E-state index is 0.0940. The molecule has 2 aromatic carbocycles. The summed E-state index contributed by atoms with van der Waals surface area (Å²) >= 11 is 0. The highest BCUT2D eigenvalue weighted by molar-refractivity contribution is 6.15. The van der Waals surface area contributed by atoms with Crippen molar-refractivity contribution in [3.63, 3.8) is 0 Å². The number of rotatable bonds is 2. The molecule has 0 amide bonds. The zero-order valence-corrected chi connectivity index (χ0v) is 34.8. The molecule has 0 aliphatic heterocycles. The van der Waals surface area contributed by atoms with Crippen LogP contribution in [0.2, 0.25) is 0 Å². The van der Waals surface area contributed by atoms with E-state index < -0.39 is 46.5 Å². The Bertz CT molecular complexity index is 2620. The van der Waals surface area contributed by atoms with Gasteiger partial charge in [-0.05, 0) is 143 Å². The zero-order valence-electron chi connectivity index (χ0n) is 34.8. The van der Waals surface area contributed by atoms with Crippen molar-refractivity contribution in [3.8, 4) is 23.7 Å². The van der Waals surface area contributed by atoms with Crippen molar-refractivity contribution < 1.29 is 38.1 Å². The van der Waals surface area contributed by atoms with Gasteiger partial charge in [-0.3, -0.25) is 0 Å². The molecule has 58 heavy (non-hydrogen) atoms. The average molecular weight is 783 g/mol. The molecular weight excluding hydrogens is 737 g/mol. The van der Waals surface area contributed by atoms with Crippen LogP contribution in [0, 0.1) is 23.7 Å². The van der Waals surface area contributed by atoms with Gasteiger partial charge in [0.2, 0.25) is 0 Å². The predicted octanol–water partition coefficient (Wildman–Crippen LogP) is 9.57. The van der Waals surface area contributed by atoms with Crippen molar-refractivity contribution in [2.24, 2.45) is 0 Å². The van der Waals surface area contributed by atoms with E-state index in [1.54, 1.807) is 119 Å². The number of benzene rings is 2. The lowest BCUT2D eigenvalue weighted by Crippen LogP contribution is -2.27. The summed E-state index contributed by atoms with van der Waals surface area (Å²) < 4.78 is 25.4. The number of carbonyl (C=O) groups excluding carboxylic acids is 4. The van der Waals surface area contributed by atoms with Gasteiger partial charge in [-0.25, -0.2) is 38.3 Å². The number of carbonyl (C=O) groups is 4. The predicted molar refractivity (Wildman–Crippen MR) is 222 cm³/mol. The molecular formula is C46H46N4O8. The first kappa shape index (κ1) is 41.0. The average Bonchev–Trinajstić information content (AvgIpc) is 3.58. The summed E-state index contributed by atoms with van der Waals surface area (Å²) in [6.07, 6.45) is 1.75. The third kappa shape index (κ3) is 9.14. The standard InChI is InChI=1S/C46H46N4O8/c1-43(2,3)55-39(51)33-23-31-29-21-27(17-19-35(29)49(37(31)25-47-33)41(53)57-45(7,8)9)15-13-14-16-28-18-20-36-30(22-28)32-24-34(40(52)56-44(4,5)6)48-26-38(32)50(36)42(54)58-46(10,11)12/h17-26H,1-12H3. The van der Waals surface area contributed by atoms with Crippen LogP contribution in [0.3, 0.4) is 0 Å². The minimum atomic E-state index is -0.756. The Labute approximate surface area is 336 Å². The van der Waals surface area contributed by atoms with Gasteiger partial charge < -0.3 is 18.9 Å². The van der Waals surface area contributed by atoms with Gasteiger partial charge in [0, 0.05) is 32.7 Å². The lowest BCUT2D eigenvalue weighted by Gasteiger charge is -2.20. The van der Waals surface area contributed by atoms with Crippen molar-refractivity contribution in [1.82, 2.24) is 19.1 Å². The van der Waals surface area contributed by atoms with Crippen LogP contribution in [-0.4, -0.2) is 65.6 Å². The zero-order chi connectivity index (χ0) is 42.5. The fourth-order valence-corrected chi connectivity index (χ4v) is 6.09. The molecule has 0 aliphatic carbocycles. The molecule has 0 aliphatic rings. The smallest absolute Gasteiger partial charge is 0.419 e. The number of fused-ring (bicyclic) bond motifs is 6. The molecule has 0 N–H and O–H groups in total. The van der Waals surface area contributed by atoms with E-state index in [2.05, 4.69) is 33.6 Å². The van der Waals surface area contributed by atoms with E-state index in [9.17, 15) is 19.2 Å². The first-order chi connectivity index (χ1) is 26.9. The van der Waals surface area contributed by atoms with Gasteiger partial charge in [-0.15, -0.1) is 0 Å². The number of ether oxygens (including phenoxy) is 4. The first-order valence-electron chi connectivity index (χ1n) is 18.7. The van der Waals surface area contributed by atoms with Crippen molar-refractivity contribution in [2.45, 2.75) is 105 Å². The second kappa shape index (κ2) is 14.7. The number of hydrogen-bond donors (Lipinski definition) is 0. The lowest BCUT2D eigenvalue weighted by atomic mass is 10.1. The molecule has 12 nitrogen and oxygen atoms in total. The molecule has 0 radical (unpaired) electrons. The number of hydrogen-bond acceptors (Lipinski definition) is 10. The molecule has 12 heteroatoms. The van der Waals surface area contributed by atoms with Gasteiger partial charge in [0.25, 0.3) is 0 Å². The summed E-state index contributed by atoms with van der Waals surface area (Å²) in [7, 11) is 0. The molecule has 0 spiro atoms. The Balaban J connectivity index is 1.40. The Morgan fingerprint density at radius 1 is 0.466 bits per heavy atom. The molecule has 6 aromatic rings. The van der Waals surface area contributed by atoms with E-state index >= 15 is 0 Å². The van der Waals surface area contributed by atoms with Crippen molar-refractivity contribution >= 4 is 67.7 Å². The maximum absolute atomic E-state index is 13.5. The van der Waals surface area contributed by atoms with E-state index in [1.165, 1.54) is 21.5 Å².